The van der Waals surface area contributed by atoms with Gasteiger partial charge < -0.3 is 18.9 Å². The molecule has 28 heteroatoms. The van der Waals surface area contributed by atoms with Gasteiger partial charge in [-0.2, -0.15) is 0 Å². The predicted octanol–water partition coefficient (Wildman–Crippen LogP) is -9.51. The highest BCUT2D eigenvalue weighted by Crippen LogP contribution is 2.11. The lowest BCUT2D eigenvalue weighted by molar-refractivity contribution is 1.79. The van der Waals surface area contributed by atoms with Crippen molar-refractivity contribution in [2.24, 2.45) is 0 Å². The summed E-state index contributed by atoms with van der Waals surface area (Å²) in [6.45, 7) is -0.876. The summed E-state index contributed by atoms with van der Waals surface area (Å²) in [7, 11) is 78.8. The molecule has 0 aliphatic heterocycles. The van der Waals surface area contributed by atoms with Gasteiger partial charge in [-0.1, -0.05) is 6.39 Å². The largest absolute Gasteiger partial charge is 0.690 e. The van der Waals surface area contributed by atoms with Crippen molar-refractivity contribution in [3.8, 4) is 0 Å². The first-order valence-corrected chi connectivity index (χ1v) is 9.73. The molecule has 0 aliphatic rings. The van der Waals surface area contributed by atoms with Crippen molar-refractivity contribution in [3.05, 3.63) is 0 Å². The summed E-state index contributed by atoms with van der Waals surface area (Å²) in [5.74, 6) is 0. The third-order valence-corrected chi connectivity index (χ3v) is 5.77. The predicted molar refractivity (Wildman–Crippen MR) is 167 cm³/mol. The lowest BCUT2D eigenvalue weighted by Crippen LogP contribution is -2.86. The molecule has 0 unspecified atom stereocenters. The van der Waals surface area contributed by atoms with Crippen molar-refractivity contribution < 1.29 is 1.41 Å². The molecular formula is HB26IN-2. The number of rotatable bonds is 13. The average molecular weight is 425 g/mol. The fourth-order valence-corrected chi connectivity index (χ4v) is 4.61. The molecule has 0 spiro atoms. The Labute approximate surface area is 210 Å². The molecule has 0 saturated heterocycles. The van der Waals surface area contributed by atoms with E-state index < -0.39 is 76.9 Å². The van der Waals surface area contributed by atoms with Crippen LogP contribution in [-0.4, -0.2) is 185 Å². The van der Waals surface area contributed by atoms with Crippen molar-refractivity contribution >= 4 is 207 Å². The van der Waals surface area contributed by atoms with Crippen molar-refractivity contribution in [3.63, 3.8) is 0 Å². The molecule has 0 aromatic rings. The Kier molecular flexibility index (Phi) is 14.7. The maximum Gasteiger partial charge on any atom is 0.129 e. The molecule has 1 N–H and O–H groups in total. The average Bonchev–Trinajstić information content (AvgIpc) is 2.51. The normalized spacial score (nSPS) is 10.2. The summed E-state index contributed by atoms with van der Waals surface area (Å²) < 4.78 is 9.46. The minimum Gasteiger partial charge on any atom is -0.690 e. The zero-order chi connectivity index (χ0) is 23.2. The van der Waals surface area contributed by atoms with Crippen LogP contribution < -0.4 is 3.43 Å². The Bertz CT molecular complexity index is 394. The lowest BCUT2D eigenvalue weighted by atomic mass is 8.38. The van der Waals surface area contributed by atoms with Crippen LogP contribution in [0.25, 0.3) is 0 Å². The SMILES string of the molecule is [3H]N(I)B(B(B([B])[B])B([B][B-])B([B])[B-])B(B(B([B])[B])B([B])[B])B(B([B])[B])B([B])[B]. The lowest BCUT2D eigenvalue weighted by Gasteiger charge is -2.49. The van der Waals surface area contributed by atoms with E-state index in [4.69, 9.17) is 102 Å². The van der Waals surface area contributed by atoms with Crippen LogP contribution in [0.15, 0.2) is 0 Å². The van der Waals surface area contributed by atoms with E-state index in [1.165, 1.54) is 7.06 Å². The highest BCUT2D eigenvalue weighted by molar-refractivity contribution is 14.1. The Balaban J connectivity index is 6.81. The van der Waals surface area contributed by atoms with Gasteiger partial charge in [-0.25, -0.2) is 6.39 Å². The first kappa shape index (κ1) is 28.4. The molecule has 29 radical (unpaired) electrons. The minimum atomic E-state index is -1.03. The molecule has 0 bridgehead atoms. The molecule has 0 saturated carbocycles. The third-order valence-electron chi connectivity index (χ3n) is 5.12. The molecule has 0 fully saturated rings. The van der Waals surface area contributed by atoms with Gasteiger partial charge in [-0.05, 0) is 7.74 Å². The maximum atomic E-state index is 8.40. The Morgan fingerprint density at radius 3 is 1.18 bits per heavy atom. The molecule has 1 nitrogen and oxygen atoms in total. The molecule has 28 heavy (non-hydrogen) atoms. The van der Waals surface area contributed by atoms with Crippen LogP contribution in [0.1, 0.15) is 0 Å². The van der Waals surface area contributed by atoms with Crippen molar-refractivity contribution in [1.82, 2.24) is 3.43 Å². The molecule has 0 heterocycles. The molecule has 0 aliphatic carbocycles. The standard InChI is InChI=1S/B26HIN/c1-14-21(15(2)3)24(20(12)13)26(28-27)25(22(16(4)5)17(6)7)23(18(8)9)19(10)11/h28H/q-2/i/hT. The fourth-order valence-electron chi connectivity index (χ4n) is 3.86. The van der Waals surface area contributed by atoms with Crippen LogP contribution in [0.4, 0.5) is 0 Å². The van der Waals surface area contributed by atoms with E-state index >= 15 is 0 Å². The van der Waals surface area contributed by atoms with E-state index in [-0.39, 0.29) is 0 Å². The van der Waals surface area contributed by atoms with Gasteiger partial charge in [0.25, 0.3) is 0 Å². The minimum absolute atomic E-state index is 0.711. The van der Waals surface area contributed by atoms with E-state index in [1.54, 1.807) is 22.9 Å². The monoisotopic (exact) mass is 430 g/mol. The van der Waals surface area contributed by atoms with Crippen molar-refractivity contribution in [2.45, 2.75) is 0 Å². The maximum absolute atomic E-state index is 8.40. The molecule has 0 aromatic carbocycles. The second-order valence-corrected chi connectivity index (χ2v) is 7.69. The second kappa shape index (κ2) is 14.5. The van der Waals surface area contributed by atoms with Gasteiger partial charge in [0.05, 0.1) is 0 Å². The first-order valence-electron chi connectivity index (χ1n) is 9.21. The number of hydrogen-bond acceptors (Lipinski definition) is 1. The quantitative estimate of drug-likeness (QED) is 0.176. The van der Waals surface area contributed by atoms with E-state index in [0.717, 1.165) is 3.43 Å². The van der Waals surface area contributed by atoms with Gasteiger partial charge in [-0.15, -0.1) is 0 Å². The zero-order valence-electron chi connectivity index (χ0n) is 16.8. The molecular weight excluding hydrogens is 422 g/mol. The first-order chi connectivity index (χ1) is 13.2. The Morgan fingerprint density at radius 2 is 1.00 bits per heavy atom. The Hall–Kier alpha value is 2.38. The van der Waals surface area contributed by atoms with Crippen LogP contribution in [0.3, 0.4) is 0 Å². The van der Waals surface area contributed by atoms with Gasteiger partial charge in [0.2, 0.25) is 0 Å². The molecule has 0 amide bonds. The zero-order valence-corrected chi connectivity index (χ0v) is 18.0. The number of halogens is 1. The van der Waals surface area contributed by atoms with E-state index in [2.05, 4.69) is 0 Å². The molecule has 0 rings (SSSR count). The van der Waals surface area contributed by atoms with Crippen LogP contribution in [0.5, 0.6) is 0 Å². The van der Waals surface area contributed by atoms with Gasteiger partial charge in [0.1, 0.15) is 8.04 Å². The Morgan fingerprint density at radius 1 is 0.679 bits per heavy atom. The van der Waals surface area contributed by atoms with Gasteiger partial charge in [-0.3, -0.25) is 7.06 Å². The van der Waals surface area contributed by atoms with Crippen molar-refractivity contribution in [1.29, 1.82) is 0 Å². The number of nitrogens with one attached hydrogen (secondary N) is 1. The number of hydrogen-bond donors (Lipinski definition) is 1. The third kappa shape index (κ3) is 8.38. The van der Waals surface area contributed by atoms with Gasteiger partial charge in [0.15, 0.2) is 0 Å². The topological polar surface area (TPSA) is 12.0 Å². The van der Waals surface area contributed by atoms with Gasteiger partial charge in [0, 0.05) is 158 Å². The molecule has 0 atom stereocenters. The molecule has 93 valence electrons. The summed E-state index contributed by atoms with van der Waals surface area (Å²) in [5.41, 5.74) is 0. The van der Waals surface area contributed by atoms with E-state index in [0.29, 0.717) is 0 Å². The summed E-state index contributed by atoms with van der Waals surface area (Å²) in [5, 5.41) is 0. The highest BCUT2D eigenvalue weighted by Gasteiger charge is 2.49. The van der Waals surface area contributed by atoms with Crippen LogP contribution in [0, 0.1) is 0 Å². The highest BCUT2D eigenvalue weighted by atomic mass is 127. The van der Waals surface area contributed by atoms with E-state index in [1.807, 2.05) is 0 Å². The van der Waals surface area contributed by atoms with Gasteiger partial charge >= 0.3 is 0 Å². The van der Waals surface area contributed by atoms with Crippen molar-refractivity contribution in [2.75, 3.05) is 0 Å². The van der Waals surface area contributed by atoms with E-state index in [9.17, 15) is 0 Å². The second-order valence-electron chi connectivity index (χ2n) is 7.13. The summed E-state index contributed by atoms with van der Waals surface area (Å²) in [6.07, 6.45) is -10.0. The molecule has 0 aromatic heterocycles. The smallest absolute Gasteiger partial charge is 0.129 e. The summed E-state index contributed by atoms with van der Waals surface area (Å²) in [6, 6.07) is 0. The van der Waals surface area contributed by atoms with Crippen LogP contribution >= 0.6 is 22.9 Å². The van der Waals surface area contributed by atoms with Crippen LogP contribution in [0.2, 0.25) is 1.41 Å². The van der Waals surface area contributed by atoms with Crippen LogP contribution in [-0.2, 0) is 0 Å². The summed E-state index contributed by atoms with van der Waals surface area (Å²) in [4.78, 5) is 0. The summed E-state index contributed by atoms with van der Waals surface area (Å²) >= 11 is 1.73. The fraction of sp³-hybridized carbons (Fsp3) is 0.